The second-order valence-corrected chi connectivity index (χ2v) is 5.74. The van der Waals surface area contributed by atoms with Crippen molar-refractivity contribution in [3.05, 3.63) is 0 Å². The van der Waals surface area contributed by atoms with Gasteiger partial charge in [0.2, 0.25) is 0 Å². The maximum atomic E-state index is 6.07. The molecule has 0 bridgehead atoms. The Morgan fingerprint density at radius 2 is 1.89 bits per heavy atom. The van der Waals surface area contributed by atoms with Gasteiger partial charge in [-0.25, -0.2) is 0 Å². The highest BCUT2D eigenvalue weighted by Crippen LogP contribution is 2.30. The van der Waals surface area contributed by atoms with Crippen LogP contribution in [0.1, 0.15) is 52.4 Å². The van der Waals surface area contributed by atoms with E-state index in [4.69, 9.17) is 9.47 Å². The molecule has 0 aromatic heterocycles. The van der Waals surface area contributed by atoms with Crippen LogP contribution in [-0.4, -0.2) is 38.0 Å². The van der Waals surface area contributed by atoms with Crippen LogP contribution >= 0.6 is 0 Å². The Labute approximate surface area is 112 Å². The summed E-state index contributed by atoms with van der Waals surface area (Å²) in [6.45, 7) is 7.11. The maximum absolute atomic E-state index is 6.07. The molecular weight excluding hydrogens is 226 g/mol. The molecule has 2 aliphatic carbocycles. The van der Waals surface area contributed by atoms with Gasteiger partial charge in [0.1, 0.15) is 0 Å². The van der Waals surface area contributed by atoms with Gasteiger partial charge in [-0.15, -0.1) is 0 Å². The Morgan fingerprint density at radius 1 is 1.11 bits per heavy atom. The first-order chi connectivity index (χ1) is 8.85. The summed E-state index contributed by atoms with van der Waals surface area (Å²) in [5.41, 5.74) is 0. The van der Waals surface area contributed by atoms with E-state index in [2.05, 4.69) is 19.2 Å². The average molecular weight is 255 g/mol. The smallest absolute Gasteiger partial charge is 0.0990 e. The topological polar surface area (TPSA) is 30.5 Å². The maximum Gasteiger partial charge on any atom is 0.0990 e. The van der Waals surface area contributed by atoms with Crippen LogP contribution in [0.5, 0.6) is 0 Å². The summed E-state index contributed by atoms with van der Waals surface area (Å²) >= 11 is 0. The lowest BCUT2D eigenvalue weighted by Gasteiger charge is -2.44. The zero-order valence-electron chi connectivity index (χ0n) is 12.0. The van der Waals surface area contributed by atoms with Crippen molar-refractivity contribution >= 4 is 0 Å². The largest absolute Gasteiger partial charge is 0.375 e. The predicted octanol–water partition coefficient (Wildman–Crippen LogP) is 2.74. The fourth-order valence-corrected chi connectivity index (χ4v) is 3.13. The van der Waals surface area contributed by atoms with Gasteiger partial charge in [0.15, 0.2) is 0 Å². The molecule has 2 saturated carbocycles. The summed E-state index contributed by atoms with van der Waals surface area (Å²) in [7, 11) is 0. The van der Waals surface area contributed by atoms with Gasteiger partial charge in [0.05, 0.1) is 12.2 Å². The molecule has 3 nitrogen and oxygen atoms in total. The molecular formula is C15H29NO2. The van der Waals surface area contributed by atoms with Crippen LogP contribution in [0.2, 0.25) is 0 Å². The number of nitrogens with one attached hydrogen (secondary N) is 1. The molecule has 3 unspecified atom stereocenters. The Balaban J connectivity index is 1.68. The van der Waals surface area contributed by atoms with Crippen LogP contribution in [0.4, 0.5) is 0 Å². The monoisotopic (exact) mass is 255 g/mol. The third-order valence-corrected chi connectivity index (χ3v) is 4.29. The fourth-order valence-electron chi connectivity index (χ4n) is 3.13. The molecule has 0 aliphatic heterocycles. The van der Waals surface area contributed by atoms with E-state index in [0.717, 1.165) is 32.1 Å². The Kier molecular flexibility index (Phi) is 5.93. The fraction of sp³-hybridized carbons (Fsp3) is 1.00. The summed E-state index contributed by atoms with van der Waals surface area (Å²) < 4.78 is 11.9. The molecule has 2 aliphatic rings. The van der Waals surface area contributed by atoms with Crippen molar-refractivity contribution in [2.45, 2.75) is 70.6 Å². The van der Waals surface area contributed by atoms with E-state index in [0.29, 0.717) is 12.1 Å². The highest BCUT2D eigenvalue weighted by atomic mass is 16.5. The van der Waals surface area contributed by atoms with Crippen molar-refractivity contribution in [3.63, 3.8) is 0 Å². The Bertz CT molecular complexity index is 229. The zero-order valence-corrected chi connectivity index (χ0v) is 12.0. The van der Waals surface area contributed by atoms with Gasteiger partial charge < -0.3 is 14.8 Å². The van der Waals surface area contributed by atoms with Crippen molar-refractivity contribution in [2.24, 2.45) is 5.92 Å². The molecule has 0 saturated heterocycles. The SMILES string of the molecule is CCCNC1CC(OCC2CCCC2)C1OCC. The van der Waals surface area contributed by atoms with Crippen molar-refractivity contribution in [1.29, 1.82) is 0 Å². The summed E-state index contributed by atoms with van der Waals surface area (Å²) in [6.07, 6.45) is 8.44. The van der Waals surface area contributed by atoms with Gasteiger partial charge >= 0.3 is 0 Å². The highest BCUT2D eigenvalue weighted by Gasteiger charge is 2.42. The van der Waals surface area contributed by atoms with Gasteiger partial charge in [-0.05, 0) is 45.1 Å². The van der Waals surface area contributed by atoms with Gasteiger partial charge in [-0.2, -0.15) is 0 Å². The van der Waals surface area contributed by atoms with Crippen molar-refractivity contribution in [3.8, 4) is 0 Å². The lowest BCUT2D eigenvalue weighted by molar-refractivity contribution is -0.150. The lowest BCUT2D eigenvalue weighted by Crippen LogP contribution is -2.60. The normalized spacial score (nSPS) is 32.7. The van der Waals surface area contributed by atoms with Crippen LogP contribution in [0.15, 0.2) is 0 Å². The minimum absolute atomic E-state index is 0.281. The molecule has 0 radical (unpaired) electrons. The molecule has 2 rings (SSSR count). The van der Waals surface area contributed by atoms with Gasteiger partial charge in [0.25, 0.3) is 0 Å². The number of rotatable bonds is 8. The summed E-state index contributed by atoms with van der Waals surface area (Å²) in [4.78, 5) is 0. The van der Waals surface area contributed by atoms with Crippen LogP contribution in [0.25, 0.3) is 0 Å². The van der Waals surface area contributed by atoms with Crippen molar-refractivity contribution in [2.75, 3.05) is 19.8 Å². The molecule has 3 heteroatoms. The van der Waals surface area contributed by atoms with Crippen molar-refractivity contribution in [1.82, 2.24) is 5.32 Å². The molecule has 1 N–H and O–H groups in total. The first-order valence-corrected chi connectivity index (χ1v) is 7.81. The third-order valence-electron chi connectivity index (χ3n) is 4.29. The molecule has 3 atom stereocenters. The van der Waals surface area contributed by atoms with E-state index < -0.39 is 0 Å². The summed E-state index contributed by atoms with van der Waals surface area (Å²) in [6, 6.07) is 0.512. The lowest BCUT2D eigenvalue weighted by atomic mass is 9.85. The molecule has 0 aromatic carbocycles. The first-order valence-electron chi connectivity index (χ1n) is 7.81. The van der Waals surface area contributed by atoms with Crippen molar-refractivity contribution < 1.29 is 9.47 Å². The molecule has 0 aromatic rings. The van der Waals surface area contributed by atoms with Crippen LogP contribution < -0.4 is 5.32 Å². The number of hydrogen-bond donors (Lipinski definition) is 1. The van der Waals surface area contributed by atoms with E-state index in [9.17, 15) is 0 Å². The first kappa shape index (κ1) is 14.3. The van der Waals surface area contributed by atoms with Crippen LogP contribution in [0.3, 0.4) is 0 Å². The molecule has 0 amide bonds. The number of ether oxygens (including phenoxy) is 2. The Morgan fingerprint density at radius 3 is 2.56 bits per heavy atom. The number of hydrogen-bond acceptors (Lipinski definition) is 3. The summed E-state index contributed by atoms with van der Waals surface area (Å²) in [5.74, 6) is 0.815. The van der Waals surface area contributed by atoms with E-state index in [1.165, 1.54) is 32.1 Å². The molecule has 0 heterocycles. The minimum atomic E-state index is 0.281. The highest BCUT2D eigenvalue weighted by molar-refractivity contribution is 4.97. The Hall–Kier alpha value is -0.120. The predicted molar refractivity (Wildman–Crippen MR) is 73.8 cm³/mol. The van der Waals surface area contributed by atoms with E-state index >= 15 is 0 Å². The van der Waals surface area contributed by atoms with Gasteiger partial charge in [-0.1, -0.05) is 19.8 Å². The standard InChI is InChI=1S/C15H29NO2/c1-3-9-16-13-10-14(15(13)17-4-2)18-11-12-7-5-6-8-12/h12-16H,3-11H2,1-2H3. The average Bonchev–Trinajstić information content (AvgIpc) is 2.87. The zero-order chi connectivity index (χ0) is 12.8. The molecule has 18 heavy (non-hydrogen) atoms. The second-order valence-electron chi connectivity index (χ2n) is 5.74. The van der Waals surface area contributed by atoms with E-state index in [1.807, 2.05) is 0 Å². The van der Waals surface area contributed by atoms with E-state index in [1.54, 1.807) is 0 Å². The van der Waals surface area contributed by atoms with Gasteiger partial charge in [0, 0.05) is 19.3 Å². The quantitative estimate of drug-likeness (QED) is 0.723. The van der Waals surface area contributed by atoms with Crippen LogP contribution in [0, 0.1) is 5.92 Å². The molecule has 2 fully saturated rings. The van der Waals surface area contributed by atoms with Crippen LogP contribution in [-0.2, 0) is 9.47 Å². The molecule has 0 spiro atoms. The minimum Gasteiger partial charge on any atom is -0.375 e. The second kappa shape index (κ2) is 7.46. The van der Waals surface area contributed by atoms with E-state index in [-0.39, 0.29) is 6.10 Å². The van der Waals surface area contributed by atoms with Gasteiger partial charge in [-0.3, -0.25) is 0 Å². The molecule has 106 valence electrons. The third kappa shape index (κ3) is 3.69. The summed E-state index contributed by atoms with van der Waals surface area (Å²) in [5, 5.41) is 3.56.